The Morgan fingerprint density at radius 2 is 2.35 bits per heavy atom. The highest BCUT2D eigenvalue weighted by atomic mass is 35.5. The molecule has 0 unspecified atom stereocenters. The Bertz CT molecular complexity index is 385. The van der Waals surface area contributed by atoms with Gasteiger partial charge in [-0.25, -0.2) is 9.97 Å². The van der Waals surface area contributed by atoms with E-state index in [0.717, 1.165) is 5.56 Å². The fourth-order valence-corrected chi connectivity index (χ4v) is 1.41. The minimum atomic E-state index is -0.174. The van der Waals surface area contributed by atoms with Crippen molar-refractivity contribution in [3.8, 4) is 0 Å². The van der Waals surface area contributed by atoms with Crippen LogP contribution < -0.4 is 5.32 Å². The standard InChI is InChI=1S/C11H16ClN3O2/c1-3-17-9(16)5-4-6-13-10-8(2)7-14-11(12)15-10/h7H,3-6H2,1-2H3,(H,13,14,15). The number of carbonyl (C=O) groups excluding carboxylic acids is 1. The predicted molar refractivity (Wildman–Crippen MR) is 66.1 cm³/mol. The monoisotopic (exact) mass is 257 g/mol. The maximum Gasteiger partial charge on any atom is 0.305 e. The van der Waals surface area contributed by atoms with Crippen molar-refractivity contribution in [2.24, 2.45) is 0 Å². The lowest BCUT2D eigenvalue weighted by atomic mass is 10.3. The number of ether oxygens (including phenoxy) is 1. The highest BCUT2D eigenvalue weighted by Gasteiger charge is 2.03. The Hall–Kier alpha value is -1.36. The number of hydrogen-bond donors (Lipinski definition) is 1. The molecule has 1 heterocycles. The third-order valence-electron chi connectivity index (χ3n) is 2.10. The summed E-state index contributed by atoms with van der Waals surface area (Å²) in [5.74, 6) is 0.528. The van der Waals surface area contributed by atoms with Gasteiger partial charge in [-0.2, -0.15) is 0 Å². The number of nitrogens with one attached hydrogen (secondary N) is 1. The number of rotatable bonds is 6. The van der Waals surface area contributed by atoms with Gasteiger partial charge in [0.25, 0.3) is 0 Å². The number of esters is 1. The number of aryl methyl sites for hydroxylation is 1. The van der Waals surface area contributed by atoms with Crippen LogP contribution in [0.25, 0.3) is 0 Å². The molecule has 0 spiro atoms. The Balaban J connectivity index is 2.31. The van der Waals surface area contributed by atoms with Crippen molar-refractivity contribution < 1.29 is 9.53 Å². The summed E-state index contributed by atoms with van der Waals surface area (Å²) in [7, 11) is 0. The molecule has 0 radical (unpaired) electrons. The molecule has 94 valence electrons. The average molecular weight is 258 g/mol. The molecule has 17 heavy (non-hydrogen) atoms. The second-order valence-corrected chi connectivity index (χ2v) is 3.84. The average Bonchev–Trinajstić information content (AvgIpc) is 2.29. The van der Waals surface area contributed by atoms with Gasteiger partial charge in [0.15, 0.2) is 0 Å². The first-order valence-corrected chi connectivity index (χ1v) is 5.90. The van der Waals surface area contributed by atoms with Crippen molar-refractivity contribution >= 4 is 23.4 Å². The number of halogens is 1. The Morgan fingerprint density at radius 3 is 3.06 bits per heavy atom. The van der Waals surface area contributed by atoms with Crippen LogP contribution in [0.15, 0.2) is 6.20 Å². The molecule has 0 aliphatic heterocycles. The van der Waals surface area contributed by atoms with Crippen molar-refractivity contribution in [2.45, 2.75) is 26.7 Å². The molecule has 1 aromatic rings. The summed E-state index contributed by atoms with van der Waals surface area (Å²) in [5.41, 5.74) is 0.922. The van der Waals surface area contributed by atoms with Crippen molar-refractivity contribution in [3.63, 3.8) is 0 Å². The largest absolute Gasteiger partial charge is 0.466 e. The van der Waals surface area contributed by atoms with Crippen LogP contribution in [0.1, 0.15) is 25.3 Å². The number of aromatic nitrogens is 2. The molecular formula is C11H16ClN3O2. The minimum Gasteiger partial charge on any atom is -0.466 e. The minimum absolute atomic E-state index is 0.174. The van der Waals surface area contributed by atoms with Crippen LogP contribution in [0.2, 0.25) is 5.28 Å². The van der Waals surface area contributed by atoms with E-state index in [0.29, 0.717) is 31.8 Å². The molecule has 0 fully saturated rings. The first-order valence-electron chi connectivity index (χ1n) is 5.52. The molecule has 0 bridgehead atoms. The van der Waals surface area contributed by atoms with Gasteiger partial charge in [-0.3, -0.25) is 4.79 Å². The highest BCUT2D eigenvalue weighted by molar-refractivity contribution is 6.28. The van der Waals surface area contributed by atoms with Crippen molar-refractivity contribution in [3.05, 3.63) is 17.0 Å². The third-order valence-corrected chi connectivity index (χ3v) is 2.28. The van der Waals surface area contributed by atoms with E-state index in [1.807, 2.05) is 6.92 Å². The molecule has 1 N–H and O–H groups in total. The zero-order chi connectivity index (χ0) is 12.7. The van der Waals surface area contributed by atoms with Gasteiger partial charge in [0, 0.05) is 24.7 Å². The topological polar surface area (TPSA) is 64.1 Å². The molecule has 6 heteroatoms. The first kappa shape index (κ1) is 13.7. The summed E-state index contributed by atoms with van der Waals surface area (Å²) in [6.45, 7) is 4.76. The van der Waals surface area contributed by atoms with Crippen LogP contribution in [0.5, 0.6) is 0 Å². The van der Waals surface area contributed by atoms with Crippen LogP contribution >= 0.6 is 11.6 Å². The molecule has 0 saturated heterocycles. The Kier molecular flexibility index (Phi) is 5.69. The summed E-state index contributed by atoms with van der Waals surface area (Å²) in [5, 5.41) is 3.32. The molecular weight excluding hydrogens is 242 g/mol. The molecule has 0 amide bonds. The molecule has 0 saturated carbocycles. The quantitative estimate of drug-likeness (QED) is 0.481. The maximum atomic E-state index is 11.1. The van der Waals surface area contributed by atoms with Crippen LogP contribution in [0, 0.1) is 6.92 Å². The molecule has 0 aliphatic rings. The number of hydrogen-bond acceptors (Lipinski definition) is 5. The van der Waals surface area contributed by atoms with E-state index in [9.17, 15) is 4.79 Å². The maximum absolute atomic E-state index is 11.1. The van der Waals surface area contributed by atoms with E-state index < -0.39 is 0 Å². The summed E-state index contributed by atoms with van der Waals surface area (Å²) in [4.78, 5) is 19.0. The summed E-state index contributed by atoms with van der Waals surface area (Å²) < 4.78 is 4.82. The van der Waals surface area contributed by atoms with Gasteiger partial charge in [-0.1, -0.05) is 0 Å². The summed E-state index contributed by atoms with van der Waals surface area (Å²) in [6.07, 6.45) is 2.75. The SMILES string of the molecule is CCOC(=O)CCCNc1nc(Cl)ncc1C. The molecule has 0 atom stereocenters. The van der Waals surface area contributed by atoms with Gasteiger partial charge < -0.3 is 10.1 Å². The van der Waals surface area contributed by atoms with Gasteiger partial charge in [-0.05, 0) is 31.9 Å². The van der Waals surface area contributed by atoms with Gasteiger partial charge in [0.2, 0.25) is 5.28 Å². The van der Waals surface area contributed by atoms with Crippen molar-refractivity contribution in [1.29, 1.82) is 0 Å². The molecule has 0 aromatic carbocycles. The van der Waals surface area contributed by atoms with Crippen molar-refractivity contribution in [2.75, 3.05) is 18.5 Å². The van der Waals surface area contributed by atoms with E-state index in [2.05, 4.69) is 15.3 Å². The van der Waals surface area contributed by atoms with Crippen molar-refractivity contribution in [1.82, 2.24) is 9.97 Å². The molecule has 1 aromatic heterocycles. The van der Waals surface area contributed by atoms with Crippen LogP contribution in [-0.4, -0.2) is 29.1 Å². The zero-order valence-corrected chi connectivity index (χ0v) is 10.8. The fourth-order valence-electron chi connectivity index (χ4n) is 1.27. The normalized spacial score (nSPS) is 10.1. The van der Waals surface area contributed by atoms with Crippen LogP contribution in [-0.2, 0) is 9.53 Å². The van der Waals surface area contributed by atoms with E-state index >= 15 is 0 Å². The van der Waals surface area contributed by atoms with E-state index in [1.54, 1.807) is 13.1 Å². The fraction of sp³-hybridized carbons (Fsp3) is 0.545. The molecule has 5 nitrogen and oxygen atoms in total. The Labute approximate surface area is 106 Å². The second kappa shape index (κ2) is 7.06. The summed E-state index contributed by atoms with van der Waals surface area (Å²) >= 11 is 5.68. The molecule has 1 rings (SSSR count). The van der Waals surface area contributed by atoms with E-state index in [-0.39, 0.29) is 11.3 Å². The summed E-state index contributed by atoms with van der Waals surface area (Å²) in [6, 6.07) is 0. The zero-order valence-electron chi connectivity index (χ0n) is 9.99. The lowest BCUT2D eigenvalue weighted by Gasteiger charge is -2.07. The predicted octanol–water partition coefficient (Wildman–Crippen LogP) is 2.19. The van der Waals surface area contributed by atoms with Gasteiger partial charge in [-0.15, -0.1) is 0 Å². The van der Waals surface area contributed by atoms with Crippen LogP contribution in [0.4, 0.5) is 5.82 Å². The first-order chi connectivity index (χ1) is 8.13. The third kappa shape index (κ3) is 4.99. The smallest absolute Gasteiger partial charge is 0.305 e. The van der Waals surface area contributed by atoms with Crippen LogP contribution in [0.3, 0.4) is 0 Å². The number of nitrogens with zero attached hydrogens (tertiary/aromatic N) is 2. The van der Waals surface area contributed by atoms with Gasteiger partial charge >= 0.3 is 5.97 Å². The van der Waals surface area contributed by atoms with E-state index in [1.165, 1.54) is 0 Å². The lowest BCUT2D eigenvalue weighted by molar-refractivity contribution is -0.143. The van der Waals surface area contributed by atoms with Gasteiger partial charge in [0.1, 0.15) is 5.82 Å². The number of carbonyl (C=O) groups is 1. The highest BCUT2D eigenvalue weighted by Crippen LogP contribution is 2.12. The van der Waals surface area contributed by atoms with E-state index in [4.69, 9.17) is 16.3 Å². The van der Waals surface area contributed by atoms with Gasteiger partial charge in [0.05, 0.1) is 6.61 Å². The lowest BCUT2D eigenvalue weighted by Crippen LogP contribution is -2.09. The molecule has 0 aliphatic carbocycles. The Morgan fingerprint density at radius 1 is 1.59 bits per heavy atom. The number of anilines is 1. The second-order valence-electron chi connectivity index (χ2n) is 3.51.